The zero-order chi connectivity index (χ0) is 13.7. The van der Waals surface area contributed by atoms with E-state index >= 15 is 0 Å². The zero-order valence-corrected chi connectivity index (χ0v) is 11.6. The van der Waals surface area contributed by atoms with E-state index in [1.54, 1.807) is 0 Å². The summed E-state index contributed by atoms with van der Waals surface area (Å²) in [6.07, 6.45) is 2.21. The summed E-state index contributed by atoms with van der Waals surface area (Å²) in [5.74, 6) is -0.161. The molecule has 5 heteroatoms. The predicted molar refractivity (Wildman–Crippen MR) is 70.8 cm³/mol. The Morgan fingerprint density at radius 1 is 1.50 bits per heavy atom. The maximum Gasteiger partial charge on any atom is 0.225 e. The Balaban J connectivity index is 2.57. The fourth-order valence-electron chi connectivity index (χ4n) is 2.41. The highest BCUT2D eigenvalue weighted by Gasteiger charge is 2.36. The third-order valence-electron chi connectivity index (χ3n) is 3.65. The molecular weight excluding hydrogens is 230 g/mol. The maximum atomic E-state index is 12.0. The van der Waals surface area contributed by atoms with Gasteiger partial charge >= 0.3 is 0 Å². The molecule has 1 heterocycles. The van der Waals surface area contributed by atoms with Gasteiger partial charge in [-0.25, -0.2) is 0 Å². The quantitative estimate of drug-likeness (QED) is 0.725. The van der Waals surface area contributed by atoms with Crippen LogP contribution in [-0.2, 0) is 9.59 Å². The van der Waals surface area contributed by atoms with Crippen LogP contribution in [-0.4, -0.2) is 41.9 Å². The molecule has 2 amide bonds. The Hall–Kier alpha value is -1.10. The smallest absolute Gasteiger partial charge is 0.225 e. The van der Waals surface area contributed by atoms with Gasteiger partial charge in [-0.15, -0.1) is 0 Å². The summed E-state index contributed by atoms with van der Waals surface area (Å²) in [6, 6.07) is 0.233. The van der Waals surface area contributed by atoms with Crippen molar-refractivity contribution in [3.8, 4) is 0 Å². The molecule has 104 valence electrons. The van der Waals surface area contributed by atoms with Gasteiger partial charge in [-0.1, -0.05) is 13.8 Å². The number of nitrogens with zero attached hydrogens (tertiary/aromatic N) is 1. The minimum absolute atomic E-state index is 0.0326. The van der Waals surface area contributed by atoms with Crippen LogP contribution in [0.15, 0.2) is 0 Å². The van der Waals surface area contributed by atoms with Crippen LogP contribution in [0, 0.1) is 5.92 Å². The number of hydrogen-bond acceptors (Lipinski definition) is 3. The average molecular weight is 255 g/mol. The third kappa shape index (κ3) is 3.45. The number of rotatable bonds is 6. The first kappa shape index (κ1) is 15.0. The topological polar surface area (TPSA) is 75.4 Å². The molecule has 5 nitrogen and oxygen atoms in total. The molecule has 1 rings (SSSR count). The molecule has 2 atom stereocenters. The molecule has 1 aliphatic heterocycles. The first-order chi connectivity index (χ1) is 8.53. The van der Waals surface area contributed by atoms with Crippen LogP contribution < -0.4 is 11.1 Å². The van der Waals surface area contributed by atoms with E-state index in [1.165, 1.54) is 0 Å². The Bertz CT molecular complexity index is 303. The van der Waals surface area contributed by atoms with Gasteiger partial charge in [0.05, 0.1) is 5.92 Å². The summed E-state index contributed by atoms with van der Waals surface area (Å²) in [4.78, 5) is 25.7. The number of carbonyl (C=O) groups is 2. The normalized spacial score (nSPS) is 21.5. The van der Waals surface area contributed by atoms with Gasteiger partial charge in [0.2, 0.25) is 11.8 Å². The molecule has 0 spiro atoms. The molecule has 1 unspecified atom stereocenters. The maximum absolute atomic E-state index is 12.0. The molecule has 1 saturated heterocycles. The summed E-state index contributed by atoms with van der Waals surface area (Å²) in [5, 5.41) is 2.84. The number of hydrogen-bond donors (Lipinski definition) is 2. The summed E-state index contributed by atoms with van der Waals surface area (Å²) in [5.41, 5.74) is 5.47. The van der Waals surface area contributed by atoms with Crippen LogP contribution in [0.2, 0.25) is 0 Å². The van der Waals surface area contributed by atoms with Crippen molar-refractivity contribution >= 4 is 11.8 Å². The molecule has 3 N–H and O–H groups in total. The predicted octanol–water partition coefficient (Wildman–Crippen LogP) is 0.487. The summed E-state index contributed by atoms with van der Waals surface area (Å²) >= 11 is 0. The number of amides is 2. The average Bonchev–Trinajstić information content (AvgIpc) is 2.73. The highest BCUT2D eigenvalue weighted by atomic mass is 16.2. The molecule has 1 aliphatic rings. The van der Waals surface area contributed by atoms with E-state index in [1.807, 2.05) is 11.8 Å². The summed E-state index contributed by atoms with van der Waals surface area (Å²) in [6.45, 7) is 6.99. The fourth-order valence-corrected chi connectivity index (χ4v) is 2.41. The molecule has 0 aromatic rings. The van der Waals surface area contributed by atoms with E-state index in [9.17, 15) is 9.59 Å². The van der Waals surface area contributed by atoms with Crippen molar-refractivity contribution in [1.29, 1.82) is 0 Å². The van der Waals surface area contributed by atoms with Gasteiger partial charge in [-0.2, -0.15) is 0 Å². The molecule has 0 aromatic carbocycles. The molecule has 0 bridgehead atoms. The van der Waals surface area contributed by atoms with Crippen molar-refractivity contribution in [2.75, 3.05) is 13.1 Å². The summed E-state index contributed by atoms with van der Waals surface area (Å²) in [7, 11) is 0. The van der Waals surface area contributed by atoms with Gasteiger partial charge in [0.15, 0.2) is 0 Å². The van der Waals surface area contributed by atoms with Crippen molar-refractivity contribution in [3.63, 3.8) is 0 Å². The number of likely N-dealkylation sites (tertiary alicyclic amines) is 1. The first-order valence-electron chi connectivity index (χ1n) is 6.83. The second kappa shape index (κ2) is 6.73. The highest BCUT2D eigenvalue weighted by molar-refractivity contribution is 5.89. The molecule has 0 aliphatic carbocycles. The lowest BCUT2D eigenvalue weighted by Crippen LogP contribution is -2.42. The van der Waals surface area contributed by atoms with E-state index < -0.39 is 0 Å². The Morgan fingerprint density at radius 3 is 2.61 bits per heavy atom. The van der Waals surface area contributed by atoms with Crippen LogP contribution in [0.4, 0.5) is 0 Å². The highest BCUT2D eigenvalue weighted by Crippen LogP contribution is 2.23. The second-order valence-electron chi connectivity index (χ2n) is 5.06. The van der Waals surface area contributed by atoms with Gasteiger partial charge < -0.3 is 16.0 Å². The van der Waals surface area contributed by atoms with Crippen molar-refractivity contribution in [2.45, 2.75) is 52.1 Å². The molecule has 18 heavy (non-hydrogen) atoms. The molecule has 0 saturated carbocycles. The zero-order valence-electron chi connectivity index (χ0n) is 11.6. The Kier molecular flexibility index (Phi) is 5.59. The van der Waals surface area contributed by atoms with Crippen LogP contribution in [0.5, 0.6) is 0 Å². The van der Waals surface area contributed by atoms with E-state index in [0.29, 0.717) is 19.5 Å². The van der Waals surface area contributed by atoms with Crippen LogP contribution in [0.1, 0.15) is 40.0 Å². The van der Waals surface area contributed by atoms with Crippen LogP contribution in [0.3, 0.4) is 0 Å². The monoisotopic (exact) mass is 255 g/mol. The lowest BCUT2D eigenvalue weighted by Gasteiger charge is -2.26. The molecule has 0 radical (unpaired) electrons. The molecular formula is C13H25N3O2. The fraction of sp³-hybridized carbons (Fsp3) is 0.846. The van der Waals surface area contributed by atoms with E-state index in [-0.39, 0.29) is 29.8 Å². The third-order valence-corrected chi connectivity index (χ3v) is 3.65. The number of carbonyl (C=O) groups excluding carboxylic acids is 2. The molecule has 0 aromatic heterocycles. The van der Waals surface area contributed by atoms with Crippen molar-refractivity contribution in [2.24, 2.45) is 11.7 Å². The lowest BCUT2D eigenvalue weighted by atomic mass is 10.1. The summed E-state index contributed by atoms with van der Waals surface area (Å²) < 4.78 is 0. The second-order valence-corrected chi connectivity index (χ2v) is 5.06. The minimum Gasteiger partial charge on any atom is -0.352 e. The van der Waals surface area contributed by atoms with E-state index in [2.05, 4.69) is 19.2 Å². The van der Waals surface area contributed by atoms with Crippen LogP contribution >= 0.6 is 0 Å². The van der Waals surface area contributed by atoms with Gasteiger partial charge in [0.25, 0.3) is 0 Å². The van der Waals surface area contributed by atoms with Gasteiger partial charge in [0.1, 0.15) is 0 Å². The van der Waals surface area contributed by atoms with Gasteiger partial charge in [0, 0.05) is 31.6 Å². The Labute approximate surface area is 109 Å². The standard InChI is InChI=1S/C13H25N3O2/c1-4-11(5-2)16-8-10(6-12(16)17)13(18)15-9(3)7-14/h9-11H,4-8,14H2,1-3H3,(H,15,18)/t9-,10?/m0/s1. The van der Waals surface area contributed by atoms with Crippen molar-refractivity contribution in [1.82, 2.24) is 10.2 Å². The van der Waals surface area contributed by atoms with E-state index in [4.69, 9.17) is 5.73 Å². The first-order valence-corrected chi connectivity index (χ1v) is 6.83. The molecule has 1 fully saturated rings. The van der Waals surface area contributed by atoms with Crippen LogP contribution in [0.25, 0.3) is 0 Å². The Morgan fingerprint density at radius 2 is 2.11 bits per heavy atom. The van der Waals surface area contributed by atoms with Crippen molar-refractivity contribution in [3.05, 3.63) is 0 Å². The SMILES string of the molecule is CCC(CC)N1CC(C(=O)N[C@@H](C)CN)CC1=O. The number of nitrogens with one attached hydrogen (secondary N) is 1. The van der Waals surface area contributed by atoms with Gasteiger partial charge in [-0.3, -0.25) is 9.59 Å². The largest absolute Gasteiger partial charge is 0.352 e. The van der Waals surface area contributed by atoms with Crippen molar-refractivity contribution < 1.29 is 9.59 Å². The lowest BCUT2D eigenvalue weighted by molar-refractivity contribution is -0.130. The van der Waals surface area contributed by atoms with Gasteiger partial charge in [-0.05, 0) is 19.8 Å². The minimum atomic E-state index is -0.216. The van der Waals surface area contributed by atoms with E-state index in [0.717, 1.165) is 12.8 Å². The number of nitrogens with two attached hydrogens (primary N) is 1.